The minimum absolute atomic E-state index is 0.308. The van der Waals surface area contributed by atoms with E-state index in [0.29, 0.717) is 5.56 Å². The number of aromatic nitrogens is 1. The molecule has 2 rings (SSSR count). The molecular formula is C12H11NO2S2. The maximum Gasteiger partial charge on any atom is 0.335 e. The van der Waals surface area contributed by atoms with E-state index < -0.39 is 5.97 Å². The van der Waals surface area contributed by atoms with Crippen molar-refractivity contribution >= 4 is 29.1 Å². The largest absolute Gasteiger partial charge is 0.478 e. The van der Waals surface area contributed by atoms with E-state index in [-0.39, 0.29) is 0 Å². The van der Waals surface area contributed by atoms with Crippen molar-refractivity contribution in [3.05, 3.63) is 40.9 Å². The van der Waals surface area contributed by atoms with Gasteiger partial charge in [-0.05, 0) is 24.6 Å². The summed E-state index contributed by atoms with van der Waals surface area (Å²) in [5.74, 6) is -0.902. The van der Waals surface area contributed by atoms with E-state index in [0.717, 1.165) is 21.3 Å². The SMILES string of the molecule is CCc1csc(Sc2cccc(C(=O)O)c2)n1. The average molecular weight is 265 g/mol. The number of benzene rings is 1. The first-order valence-corrected chi connectivity index (χ1v) is 6.84. The molecule has 1 N–H and O–H groups in total. The number of hydrogen-bond donors (Lipinski definition) is 1. The van der Waals surface area contributed by atoms with Crippen LogP contribution < -0.4 is 0 Å². The fourth-order valence-electron chi connectivity index (χ4n) is 1.29. The van der Waals surface area contributed by atoms with E-state index in [1.165, 1.54) is 11.8 Å². The second kappa shape index (κ2) is 5.33. The minimum atomic E-state index is -0.902. The van der Waals surface area contributed by atoms with Crippen LogP contribution in [0.5, 0.6) is 0 Å². The Hall–Kier alpha value is -1.33. The highest BCUT2D eigenvalue weighted by atomic mass is 32.2. The Bertz CT molecular complexity index is 537. The Kier molecular flexibility index (Phi) is 3.81. The number of nitrogens with zero attached hydrogens (tertiary/aromatic N) is 1. The summed E-state index contributed by atoms with van der Waals surface area (Å²) in [6.07, 6.45) is 0.923. The van der Waals surface area contributed by atoms with Gasteiger partial charge in [0, 0.05) is 10.3 Å². The summed E-state index contributed by atoms with van der Waals surface area (Å²) in [7, 11) is 0. The van der Waals surface area contributed by atoms with Gasteiger partial charge in [-0.2, -0.15) is 0 Å². The molecule has 5 heteroatoms. The molecule has 1 aromatic heterocycles. The highest BCUT2D eigenvalue weighted by Crippen LogP contribution is 2.30. The van der Waals surface area contributed by atoms with Crippen LogP contribution in [0.3, 0.4) is 0 Å². The van der Waals surface area contributed by atoms with Gasteiger partial charge in [-0.15, -0.1) is 11.3 Å². The summed E-state index contributed by atoms with van der Waals surface area (Å²) in [4.78, 5) is 16.2. The number of hydrogen-bond acceptors (Lipinski definition) is 4. The van der Waals surface area contributed by atoms with Gasteiger partial charge in [-0.1, -0.05) is 24.8 Å². The van der Waals surface area contributed by atoms with Crippen LogP contribution in [0.1, 0.15) is 23.0 Å². The third kappa shape index (κ3) is 3.08. The molecule has 0 amide bonds. The van der Waals surface area contributed by atoms with E-state index in [2.05, 4.69) is 11.9 Å². The van der Waals surface area contributed by atoms with Crippen molar-refractivity contribution in [3.63, 3.8) is 0 Å². The molecule has 3 nitrogen and oxygen atoms in total. The molecule has 0 aliphatic heterocycles. The van der Waals surface area contributed by atoms with Crippen LogP contribution in [0.2, 0.25) is 0 Å². The number of aryl methyl sites for hydroxylation is 1. The number of carboxylic acids is 1. The van der Waals surface area contributed by atoms with Gasteiger partial charge in [0.2, 0.25) is 0 Å². The summed E-state index contributed by atoms with van der Waals surface area (Å²) in [5, 5.41) is 10.9. The van der Waals surface area contributed by atoms with Gasteiger partial charge in [-0.3, -0.25) is 0 Å². The molecule has 88 valence electrons. The van der Waals surface area contributed by atoms with Crippen molar-refractivity contribution in [2.45, 2.75) is 22.6 Å². The molecule has 1 heterocycles. The summed E-state index contributed by atoms with van der Waals surface area (Å²) in [6, 6.07) is 6.90. The summed E-state index contributed by atoms with van der Waals surface area (Å²) < 4.78 is 0.949. The zero-order chi connectivity index (χ0) is 12.3. The Morgan fingerprint density at radius 1 is 1.53 bits per heavy atom. The summed E-state index contributed by atoms with van der Waals surface area (Å²) in [6.45, 7) is 2.06. The molecule has 0 saturated carbocycles. The predicted octanol–water partition coefficient (Wildman–Crippen LogP) is 3.55. The third-order valence-corrected chi connectivity index (χ3v) is 4.16. The zero-order valence-corrected chi connectivity index (χ0v) is 10.8. The average Bonchev–Trinajstić information content (AvgIpc) is 2.77. The molecule has 0 unspecified atom stereocenters. The normalized spacial score (nSPS) is 10.4. The quantitative estimate of drug-likeness (QED) is 0.918. The maximum atomic E-state index is 10.8. The standard InChI is InChI=1S/C12H11NO2S2/c1-2-9-7-16-12(13-9)17-10-5-3-4-8(6-10)11(14)15/h3-7H,2H2,1H3,(H,14,15). The van der Waals surface area contributed by atoms with Gasteiger partial charge in [0.25, 0.3) is 0 Å². The van der Waals surface area contributed by atoms with Gasteiger partial charge in [0.05, 0.1) is 11.3 Å². The summed E-state index contributed by atoms with van der Waals surface area (Å²) >= 11 is 3.09. The molecule has 0 aliphatic carbocycles. The number of thiazole rings is 1. The molecule has 0 fully saturated rings. The van der Waals surface area contributed by atoms with Crippen LogP contribution in [0.4, 0.5) is 0 Å². The Morgan fingerprint density at radius 3 is 3.00 bits per heavy atom. The van der Waals surface area contributed by atoms with Gasteiger partial charge < -0.3 is 5.11 Å². The van der Waals surface area contributed by atoms with E-state index in [1.807, 2.05) is 11.4 Å². The van der Waals surface area contributed by atoms with Gasteiger partial charge in [0.1, 0.15) is 0 Å². The Balaban J connectivity index is 2.18. The topological polar surface area (TPSA) is 50.2 Å². The van der Waals surface area contributed by atoms with Crippen molar-refractivity contribution in [1.82, 2.24) is 4.98 Å². The number of rotatable bonds is 4. The van der Waals surface area contributed by atoms with Crippen molar-refractivity contribution < 1.29 is 9.90 Å². The lowest BCUT2D eigenvalue weighted by Crippen LogP contribution is -1.95. The fraction of sp³-hybridized carbons (Fsp3) is 0.167. The van der Waals surface area contributed by atoms with E-state index in [4.69, 9.17) is 5.11 Å². The van der Waals surface area contributed by atoms with Crippen LogP contribution in [-0.2, 0) is 6.42 Å². The van der Waals surface area contributed by atoms with Crippen molar-refractivity contribution in [2.75, 3.05) is 0 Å². The fourth-order valence-corrected chi connectivity index (χ4v) is 3.24. The zero-order valence-electron chi connectivity index (χ0n) is 9.21. The van der Waals surface area contributed by atoms with Crippen LogP contribution in [0.15, 0.2) is 38.9 Å². The van der Waals surface area contributed by atoms with E-state index in [9.17, 15) is 4.79 Å². The van der Waals surface area contributed by atoms with Gasteiger partial charge in [-0.25, -0.2) is 9.78 Å². The van der Waals surface area contributed by atoms with Crippen molar-refractivity contribution in [1.29, 1.82) is 0 Å². The predicted molar refractivity (Wildman–Crippen MR) is 69.0 cm³/mol. The van der Waals surface area contributed by atoms with Crippen LogP contribution in [-0.4, -0.2) is 16.1 Å². The molecule has 0 aliphatic rings. The summed E-state index contributed by atoms with van der Waals surface area (Å²) in [5.41, 5.74) is 1.38. The van der Waals surface area contributed by atoms with Crippen LogP contribution >= 0.6 is 23.1 Å². The second-order valence-electron chi connectivity index (χ2n) is 3.39. The molecule has 0 spiro atoms. The molecule has 1 aromatic carbocycles. The molecule has 0 atom stereocenters. The lowest BCUT2D eigenvalue weighted by Gasteiger charge is -1.99. The van der Waals surface area contributed by atoms with Crippen molar-refractivity contribution in [2.24, 2.45) is 0 Å². The smallest absolute Gasteiger partial charge is 0.335 e. The molecular weight excluding hydrogens is 254 g/mol. The molecule has 2 aromatic rings. The first-order valence-electron chi connectivity index (χ1n) is 5.14. The van der Waals surface area contributed by atoms with Crippen LogP contribution in [0, 0.1) is 0 Å². The van der Waals surface area contributed by atoms with Gasteiger partial charge >= 0.3 is 5.97 Å². The van der Waals surface area contributed by atoms with Gasteiger partial charge in [0.15, 0.2) is 4.34 Å². The maximum absolute atomic E-state index is 10.8. The first-order chi connectivity index (χ1) is 8.19. The Morgan fingerprint density at radius 2 is 2.35 bits per heavy atom. The molecule has 0 radical (unpaired) electrons. The van der Waals surface area contributed by atoms with Crippen LogP contribution in [0.25, 0.3) is 0 Å². The first kappa shape index (κ1) is 12.1. The second-order valence-corrected chi connectivity index (χ2v) is 5.57. The highest BCUT2D eigenvalue weighted by Gasteiger charge is 2.06. The number of aromatic carboxylic acids is 1. The van der Waals surface area contributed by atoms with Crippen molar-refractivity contribution in [3.8, 4) is 0 Å². The number of carboxylic acid groups (broad SMARTS) is 1. The van der Waals surface area contributed by atoms with E-state index >= 15 is 0 Å². The Labute approximate surface area is 108 Å². The lowest BCUT2D eigenvalue weighted by atomic mass is 10.2. The highest BCUT2D eigenvalue weighted by molar-refractivity contribution is 8.01. The monoisotopic (exact) mass is 265 g/mol. The molecule has 0 bridgehead atoms. The molecule has 0 saturated heterocycles. The van der Waals surface area contributed by atoms with E-state index in [1.54, 1.807) is 29.5 Å². The third-order valence-electron chi connectivity index (χ3n) is 2.18. The molecule has 17 heavy (non-hydrogen) atoms. The number of carbonyl (C=O) groups is 1. The minimum Gasteiger partial charge on any atom is -0.478 e. The lowest BCUT2D eigenvalue weighted by molar-refractivity contribution is 0.0696.